The molecule has 2 aliphatic carbocycles. The number of nitro benzene ring substituents is 1. The minimum absolute atomic E-state index is 0.0130. The smallest absolute Gasteiger partial charge is 0.293 e. The van der Waals surface area contributed by atoms with E-state index >= 15 is 0 Å². The van der Waals surface area contributed by atoms with E-state index in [1.54, 1.807) is 6.07 Å². The SMILES string of the molecule is O=[N+]([O-])c1cc(Cl)c(Cl)cc1NCC1(C2CC2)CC1. The van der Waals surface area contributed by atoms with Crippen molar-refractivity contribution in [3.05, 3.63) is 32.3 Å². The molecule has 2 saturated carbocycles. The highest BCUT2D eigenvalue weighted by atomic mass is 35.5. The molecule has 0 saturated heterocycles. The number of nitrogens with one attached hydrogen (secondary N) is 1. The molecule has 2 fully saturated rings. The van der Waals surface area contributed by atoms with E-state index < -0.39 is 4.92 Å². The second-order valence-corrected chi connectivity index (χ2v) is 6.35. The third-order valence-corrected chi connectivity index (χ3v) is 4.92. The van der Waals surface area contributed by atoms with E-state index in [1.165, 1.54) is 31.7 Å². The largest absolute Gasteiger partial charge is 0.379 e. The molecule has 0 amide bonds. The Hall–Kier alpha value is -1.00. The summed E-state index contributed by atoms with van der Waals surface area (Å²) in [7, 11) is 0. The molecule has 0 atom stereocenters. The van der Waals surface area contributed by atoms with Crippen LogP contribution in [0.1, 0.15) is 25.7 Å². The Morgan fingerprint density at radius 3 is 2.47 bits per heavy atom. The molecule has 0 aromatic heterocycles. The van der Waals surface area contributed by atoms with Crippen LogP contribution >= 0.6 is 23.2 Å². The molecular weight excluding hydrogens is 287 g/mol. The first-order valence-corrected chi connectivity index (χ1v) is 7.15. The van der Waals surface area contributed by atoms with Gasteiger partial charge in [0.05, 0.1) is 15.0 Å². The number of nitrogens with zero attached hydrogens (tertiary/aromatic N) is 1. The second kappa shape index (κ2) is 4.53. The van der Waals surface area contributed by atoms with E-state index in [-0.39, 0.29) is 10.7 Å². The van der Waals surface area contributed by atoms with Crippen LogP contribution in [0.25, 0.3) is 0 Å². The van der Waals surface area contributed by atoms with Crippen LogP contribution in [-0.4, -0.2) is 11.5 Å². The molecule has 1 aromatic carbocycles. The van der Waals surface area contributed by atoms with Gasteiger partial charge in [-0.1, -0.05) is 23.2 Å². The first-order chi connectivity index (χ1) is 9.02. The van der Waals surface area contributed by atoms with Gasteiger partial charge in [0.2, 0.25) is 0 Å². The zero-order valence-corrected chi connectivity index (χ0v) is 11.8. The normalized spacial score (nSPS) is 20.1. The Balaban J connectivity index is 1.79. The highest BCUT2D eigenvalue weighted by Gasteiger charge is 2.53. The molecule has 0 aliphatic heterocycles. The first kappa shape index (κ1) is 13.0. The van der Waals surface area contributed by atoms with Gasteiger partial charge in [0.25, 0.3) is 5.69 Å². The van der Waals surface area contributed by atoms with Crippen molar-refractivity contribution in [3.63, 3.8) is 0 Å². The van der Waals surface area contributed by atoms with Crippen molar-refractivity contribution in [1.82, 2.24) is 0 Å². The molecule has 6 heteroatoms. The number of halogens is 2. The average molecular weight is 301 g/mol. The standard InChI is InChI=1S/C13H14Cl2N2O2/c14-9-5-11(12(17(18)19)6-10(9)15)16-7-13(3-4-13)8-1-2-8/h5-6,8,16H,1-4,7H2. The molecular formula is C13H14Cl2N2O2. The maximum Gasteiger partial charge on any atom is 0.293 e. The van der Waals surface area contributed by atoms with Gasteiger partial charge in [-0.25, -0.2) is 0 Å². The molecule has 4 nitrogen and oxygen atoms in total. The molecule has 2 aliphatic rings. The van der Waals surface area contributed by atoms with E-state index in [0.717, 1.165) is 12.5 Å². The lowest BCUT2D eigenvalue weighted by Crippen LogP contribution is -2.18. The first-order valence-electron chi connectivity index (χ1n) is 6.39. The predicted octanol–water partition coefficient (Wildman–Crippen LogP) is 4.50. The van der Waals surface area contributed by atoms with Gasteiger partial charge >= 0.3 is 0 Å². The van der Waals surface area contributed by atoms with Crippen molar-refractivity contribution in [1.29, 1.82) is 0 Å². The summed E-state index contributed by atoms with van der Waals surface area (Å²) in [6.45, 7) is 0.788. The van der Waals surface area contributed by atoms with Crippen LogP contribution in [-0.2, 0) is 0 Å². The zero-order valence-electron chi connectivity index (χ0n) is 10.3. The molecule has 0 bridgehead atoms. The lowest BCUT2D eigenvalue weighted by Gasteiger charge is -2.16. The lowest BCUT2D eigenvalue weighted by atomic mass is 10.0. The molecule has 1 N–H and O–H groups in total. The summed E-state index contributed by atoms with van der Waals surface area (Å²) in [5.41, 5.74) is 0.826. The van der Waals surface area contributed by atoms with Crippen molar-refractivity contribution in [2.75, 3.05) is 11.9 Å². The molecule has 19 heavy (non-hydrogen) atoms. The highest BCUT2D eigenvalue weighted by molar-refractivity contribution is 6.42. The minimum atomic E-state index is -0.429. The number of hydrogen-bond donors (Lipinski definition) is 1. The maximum atomic E-state index is 11.0. The Morgan fingerprint density at radius 2 is 1.95 bits per heavy atom. The Morgan fingerprint density at radius 1 is 1.32 bits per heavy atom. The van der Waals surface area contributed by atoms with Crippen LogP contribution in [0.4, 0.5) is 11.4 Å². The topological polar surface area (TPSA) is 55.2 Å². The third kappa shape index (κ3) is 2.51. The van der Waals surface area contributed by atoms with E-state index in [9.17, 15) is 10.1 Å². The van der Waals surface area contributed by atoms with Crippen molar-refractivity contribution in [2.24, 2.45) is 11.3 Å². The van der Waals surface area contributed by atoms with E-state index in [4.69, 9.17) is 23.2 Å². The van der Waals surface area contributed by atoms with Gasteiger partial charge < -0.3 is 5.32 Å². The van der Waals surface area contributed by atoms with Crippen LogP contribution in [0, 0.1) is 21.4 Å². The van der Waals surface area contributed by atoms with Crippen molar-refractivity contribution in [2.45, 2.75) is 25.7 Å². The fourth-order valence-electron chi connectivity index (χ4n) is 2.69. The molecule has 0 spiro atoms. The summed E-state index contributed by atoms with van der Waals surface area (Å²) in [4.78, 5) is 10.6. The van der Waals surface area contributed by atoms with Gasteiger partial charge in [-0.15, -0.1) is 0 Å². The number of benzene rings is 1. The fourth-order valence-corrected chi connectivity index (χ4v) is 3.01. The van der Waals surface area contributed by atoms with Crippen LogP contribution < -0.4 is 5.32 Å². The lowest BCUT2D eigenvalue weighted by molar-refractivity contribution is -0.383. The minimum Gasteiger partial charge on any atom is -0.379 e. The number of hydrogen-bond acceptors (Lipinski definition) is 3. The molecule has 3 rings (SSSR count). The molecule has 102 valence electrons. The van der Waals surface area contributed by atoms with E-state index in [1.807, 2.05) is 0 Å². The van der Waals surface area contributed by atoms with Gasteiger partial charge in [0, 0.05) is 12.6 Å². The van der Waals surface area contributed by atoms with Gasteiger partial charge in [-0.2, -0.15) is 0 Å². The number of anilines is 1. The van der Waals surface area contributed by atoms with Gasteiger partial charge in [-0.05, 0) is 43.1 Å². The van der Waals surface area contributed by atoms with Crippen LogP contribution in [0.2, 0.25) is 10.0 Å². The average Bonchev–Trinajstić information content (AvgIpc) is 3.23. The molecule has 0 radical (unpaired) electrons. The van der Waals surface area contributed by atoms with Crippen molar-refractivity contribution < 1.29 is 4.92 Å². The summed E-state index contributed by atoms with van der Waals surface area (Å²) in [5.74, 6) is 0.807. The third-order valence-electron chi connectivity index (χ3n) is 4.20. The summed E-state index contributed by atoms with van der Waals surface area (Å²) in [6, 6.07) is 2.86. The summed E-state index contributed by atoms with van der Waals surface area (Å²) in [5, 5.41) is 14.8. The Labute approximate surface area is 121 Å². The Kier molecular flexibility index (Phi) is 3.10. The van der Waals surface area contributed by atoms with E-state index in [0.29, 0.717) is 16.1 Å². The summed E-state index contributed by atoms with van der Waals surface area (Å²) < 4.78 is 0. The summed E-state index contributed by atoms with van der Waals surface area (Å²) in [6.07, 6.45) is 5.04. The monoisotopic (exact) mass is 300 g/mol. The molecule has 0 unspecified atom stereocenters. The van der Waals surface area contributed by atoms with Crippen LogP contribution in [0.15, 0.2) is 12.1 Å². The van der Waals surface area contributed by atoms with Gasteiger partial charge in [0.15, 0.2) is 0 Å². The molecule has 1 aromatic rings. The quantitative estimate of drug-likeness (QED) is 0.643. The predicted molar refractivity (Wildman–Crippen MR) is 76.0 cm³/mol. The zero-order chi connectivity index (χ0) is 13.6. The molecule has 0 heterocycles. The van der Waals surface area contributed by atoms with Crippen molar-refractivity contribution >= 4 is 34.6 Å². The number of nitro groups is 1. The van der Waals surface area contributed by atoms with E-state index in [2.05, 4.69) is 5.32 Å². The van der Waals surface area contributed by atoms with Crippen molar-refractivity contribution in [3.8, 4) is 0 Å². The summed E-state index contributed by atoms with van der Waals surface area (Å²) >= 11 is 11.8. The fraction of sp³-hybridized carbons (Fsp3) is 0.538. The van der Waals surface area contributed by atoms with Gasteiger partial charge in [-0.3, -0.25) is 10.1 Å². The van der Waals surface area contributed by atoms with Crippen LogP contribution in [0.5, 0.6) is 0 Å². The Bertz CT molecular complexity index is 540. The maximum absolute atomic E-state index is 11.0. The van der Waals surface area contributed by atoms with Crippen LogP contribution in [0.3, 0.4) is 0 Å². The number of rotatable bonds is 5. The second-order valence-electron chi connectivity index (χ2n) is 5.53. The van der Waals surface area contributed by atoms with Gasteiger partial charge in [0.1, 0.15) is 5.69 Å². The highest BCUT2D eigenvalue weighted by Crippen LogP contribution is 2.61.